The summed E-state index contributed by atoms with van der Waals surface area (Å²) in [6, 6.07) is 6.32. The molecule has 2 fully saturated rings. The highest BCUT2D eigenvalue weighted by atomic mass is 16.5. The number of carbonyl (C=O) groups excluding carboxylic acids is 1. The number of nitrogens with one attached hydrogen (secondary N) is 1. The van der Waals surface area contributed by atoms with Crippen LogP contribution in [0, 0.1) is 5.92 Å². The van der Waals surface area contributed by atoms with Crippen LogP contribution < -0.4 is 5.32 Å². The quantitative estimate of drug-likeness (QED) is 0.861. The van der Waals surface area contributed by atoms with Crippen molar-refractivity contribution in [1.82, 2.24) is 15.2 Å². The van der Waals surface area contributed by atoms with Gasteiger partial charge in [0.15, 0.2) is 0 Å². The minimum absolute atomic E-state index is 0.0425. The van der Waals surface area contributed by atoms with E-state index in [9.17, 15) is 4.79 Å². The van der Waals surface area contributed by atoms with Gasteiger partial charge in [-0.15, -0.1) is 0 Å². The maximum Gasteiger partial charge on any atom is 0.246 e. The number of amides is 1. The zero-order chi connectivity index (χ0) is 17.5. The highest BCUT2D eigenvalue weighted by Gasteiger charge is 2.24. The Morgan fingerprint density at radius 1 is 1.24 bits per heavy atom. The van der Waals surface area contributed by atoms with Crippen molar-refractivity contribution in [2.45, 2.75) is 64.1 Å². The number of nitrogens with zero attached hydrogens (tertiary/aromatic N) is 2. The molecule has 1 saturated carbocycles. The number of ether oxygens (including phenoxy) is 1. The fourth-order valence-corrected chi connectivity index (χ4v) is 3.94. The van der Waals surface area contributed by atoms with Crippen LogP contribution in [-0.4, -0.2) is 47.6 Å². The molecule has 0 bridgehead atoms. The molecule has 0 spiro atoms. The van der Waals surface area contributed by atoms with Gasteiger partial charge in [0, 0.05) is 31.9 Å². The van der Waals surface area contributed by atoms with E-state index in [1.165, 1.54) is 19.3 Å². The number of piperidine rings is 1. The van der Waals surface area contributed by atoms with Crippen LogP contribution in [0.4, 0.5) is 0 Å². The van der Waals surface area contributed by atoms with Gasteiger partial charge in [0.25, 0.3) is 0 Å². The third kappa shape index (κ3) is 5.79. The summed E-state index contributed by atoms with van der Waals surface area (Å²) in [4.78, 5) is 19.0. The predicted octanol–water partition coefficient (Wildman–Crippen LogP) is 2.76. The molecule has 5 heteroatoms. The molecular weight excluding hydrogens is 314 g/mol. The third-order valence-corrected chi connectivity index (χ3v) is 5.53. The summed E-state index contributed by atoms with van der Waals surface area (Å²) in [7, 11) is 0. The van der Waals surface area contributed by atoms with Gasteiger partial charge >= 0.3 is 0 Å². The fourth-order valence-electron chi connectivity index (χ4n) is 3.94. The van der Waals surface area contributed by atoms with Crippen LogP contribution in [0.1, 0.15) is 51.1 Å². The van der Waals surface area contributed by atoms with Crippen LogP contribution in [0.15, 0.2) is 24.4 Å². The molecule has 2 atom stereocenters. The van der Waals surface area contributed by atoms with Crippen LogP contribution in [0.3, 0.4) is 0 Å². The first-order valence-electron chi connectivity index (χ1n) is 9.74. The van der Waals surface area contributed by atoms with E-state index in [4.69, 9.17) is 4.74 Å². The molecule has 3 rings (SSSR count). The Labute approximate surface area is 151 Å². The van der Waals surface area contributed by atoms with E-state index in [1.54, 1.807) is 0 Å². The minimum atomic E-state index is 0.0425. The average molecular weight is 345 g/mol. The van der Waals surface area contributed by atoms with Crippen molar-refractivity contribution in [3.63, 3.8) is 0 Å². The number of likely N-dealkylation sites (tertiary alicyclic amines) is 1. The standard InChI is InChI=1S/C20H31N3O2/c1-16-6-2-3-8-19(16)25-15-20(24)22-17-9-12-23(13-10-17)14-18-7-4-5-11-21-18/h4-5,7,11,16-17,19H,2-3,6,8-10,12-15H2,1H3,(H,22,24)/t16-,19+/m1/s1. The summed E-state index contributed by atoms with van der Waals surface area (Å²) >= 11 is 0. The Bertz CT molecular complexity index is 529. The van der Waals surface area contributed by atoms with Gasteiger partial charge in [0.1, 0.15) is 6.61 Å². The van der Waals surface area contributed by atoms with Crippen LogP contribution >= 0.6 is 0 Å². The van der Waals surface area contributed by atoms with Gasteiger partial charge in [-0.3, -0.25) is 14.7 Å². The van der Waals surface area contributed by atoms with Gasteiger partial charge in [-0.25, -0.2) is 0 Å². The lowest BCUT2D eigenvalue weighted by atomic mass is 9.88. The first kappa shape index (κ1) is 18.3. The van der Waals surface area contributed by atoms with Crippen molar-refractivity contribution < 1.29 is 9.53 Å². The normalized spacial score (nSPS) is 25.6. The molecule has 5 nitrogen and oxygen atoms in total. The predicted molar refractivity (Wildman–Crippen MR) is 98.1 cm³/mol. The monoisotopic (exact) mass is 345 g/mol. The first-order chi connectivity index (χ1) is 12.2. The van der Waals surface area contributed by atoms with E-state index in [0.29, 0.717) is 5.92 Å². The molecule has 1 aliphatic carbocycles. The van der Waals surface area contributed by atoms with Crippen molar-refractivity contribution in [2.24, 2.45) is 5.92 Å². The third-order valence-electron chi connectivity index (χ3n) is 5.53. The molecule has 1 aromatic rings. The summed E-state index contributed by atoms with van der Waals surface area (Å²) < 4.78 is 5.87. The van der Waals surface area contributed by atoms with E-state index >= 15 is 0 Å². The van der Waals surface area contributed by atoms with Gasteiger partial charge in [-0.05, 0) is 43.7 Å². The van der Waals surface area contributed by atoms with Crippen molar-refractivity contribution in [1.29, 1.82) is 0 Å². The molecule has 0 aromatic carbocycles. The summed E-state index contributed by atoms with van der Waals surface area (Å²) in [5, 5.41) is 3.15. The van der Waals surface area contributed by atoms with Gasteiger partial charge in [-0.1, -0.05) is 25.8 Å². The Balaban J connectivity index is 1.33. The molecule has 2 aliphatic rings. The van der Waals surface area contributed by atoms with Crippen molar-refractivity contribution >= 4 is 5.91 Å². The maximum absolute atomic E-state index is 12.2. The lowest BCUT2D eigenvalue weighted by Gasteiger charge is -2.32. The number of rotatable bonds is 6. The molecule has 2 heterocycles. The second-order valence-electron chi connectivity index (χ2n) is 7.55. The zero-order valence-electron chi connectivity index (χ0n) is 15.3. The summed E-state index contributed by atoms with van der Waals surface area (Å²) in [6.45, 7) is 5.34. The fraction of sp³-hybridized carbons (Fsp3) is 0.700. The molecule has 1 saturated heterocycles. The van der Waals surface area contributed by atoms with E-state index < -0.39 is 0 Å². The topological polar surface area (TPSA) is 54.5 Å². The van der Waals surface area contributed by atoms with Crippen molar-refractivity contribution in [3.8, 4) is 0 Å². The largest absolute Gasteiger partial charge is 0.368 e. The van der Waals surface area contributed by atoms with Gasteiger partial charge < -0.3 is 10.1 Å². The molecular formula is C20H31N3O2. The van der Waals surface area contributed by atoms with Crippen molar-refractivity contribution in [2.75, 3.05) is 19.7 Å². The Morgan fingerprint density at radius 3 is 2.76 bits per heavy atom. The lowest BCUT2D eigenvalue weighted by Crippen LogP contribution is -2.45. The van der Waals surface area contributed by atoms with E-state index in [2.05, 4.69) is 28.2 Å². The molecule has 1 aliphatic heterocycles. The Kier molecular flexibility index (Phi) is 6.82. The highest BCUT2D eigenvalue weighted by Crippen LogP contribution is 2.26. The van der Waals surface area contributed by atoms with Gasteiger partial charge in [0.05, 0.1) is 11.8 Å². The van der Waals surface area contributed by atoms with Gasteiger partial charge in [0.2, 0.25) is 5.91 Å². The van der Waals surface area contributed by atoms with Crippen LogP contribution in [0.5, 0.6) is 0 Å². The second-order valence-corrected chi connectivity index (χ2v) is 7.55. The zero-order valence-corrected chi connectivity index (χ0v) is 15.3. The molecule has 0 radical (unpaired) electrons. The van der Waals surface area contributed by atoms with Crippen molar-refractivity contribution in [3.05, 3.63) is 30.1 Å². The minimum Gasteiger partial charge on any atom is -0.368 e. The number of hydrogen-bond acceptors (Lipinski definition) is 4. The summed E-state index contributed by atoms with van der Waals surface area (Å²) in [6.07, 6.45) is 8.95. The SMILES string of the molecule is C[C@@H]1CCCC[C@@H]1OCC(=O)NC1CCN(Cc2ccccn2)CC1. The molecule has 1 aromatic heterocycles. The molecule has 138 valence electrons. The van der Waals surface area contributed by atoms with E-state index in [-0.39, 0.29) is 24.7 Å². The van der Waals surface area contributed by atoms with E-state index in [0.717, 1.165) is 44.6 Å². The number of pyridine rings is 1. The molecule has 1 N–H and O–H groups in total. The molecule has 25 heavy (non-hydrogen) atoms. The summed E-state index contributed by atoms with van der Waals surface area (Å²) in [5.74, 6) is 0.623. The van der Waals surface area contributed by atoms with Crippen LogP contribution in [0.25, 0.3) is 0 Å². The van der Waals surface area contributed by atoms with Crippen LogP contribution in [0.2, 0.25) is 0 Å². The van der Waals surface area contributed by atoms with Crippen LogP contribution in [-0.2, 0) is 16.1 Å². The number of aromatic nitrogens is 1. The number of hydrogen-bond donors (Lipinski definition) is 1. The maximum atomic E-state index is 12.2. The second kappa shape index (κ2) is 9.30. The Morgan fingerprint density at radius 2 is 2.04 bits per heavy atom. The summed E-state index contributed by atoms with van der Waals surface area (Å²) in [5.41, 5.74) is 1.11. The molecule has 1 amide bonds. The average Bonchev–Trinajstić information content (AvgIpc) is 2.64. The smallest absolute Gasteiger partial charge is 0.246 e. The highest BCUT2D eigenvalue weighted by molar-refractivity contribution is 5.77. The molecule has 0 unspecified atom stereocenters. The first-order valence-corrected chi connectivity index (χ1v) is 9.74. The lowest BCUT2D eigenvalue weighted by molar-refractivity contribution is -0.130. The Hall–Kier alpha value is -1.46. The number of carbonyl (C=O) groups is 1. The van der Waals surface area contributed by atoms with Gasteiger partial charge in [-0.2, -0.15) is 0 Å². The van der Waals surface area contributed by atoms with E-state index in [1.807, 2.05) is 18.3 Å².